The second-order valence-corrected chi connectivity index (χ2v) is 10.2. The van der Waals surface area contributed by atoms with Crippen molar-refractivity contribution in [3.63, 3.8) is 0 Å². The van der Waals surface area contributed by atoms with Crippen molar-refractivity contribution in [1.82, 2.24) is 39.6 Å². The van der Waals surface area contributed by atoms with Gasteiger partial charge in [0, 0.05) is 43.5 Å². The van der Waals surface area contributed by atoms with Crippen LogP contribution in [0.3, 0.4) is 0 Å². The van der Waals surface area contributed by atoms with E-state index in [1.54, 1.807) is 10.9 Å². The summed E-state index contributed by atoms with van der Waals surface area (Å²) in [6, 6.07) is 17.5. The highest BCUT2D eigenvalue weighted by atomic mass is 16.1. The minimum atomic E-state index is -0.417. The Labute approximate surface area is 230 Å². The summed E-state index contributed by atoms with van der Waals surface area (Å²) in [6.45, 7) is 5.48. The zero-order chi connectivity index (χ0) is 27.8. The topological polar surface area (TPSA) is 129 Å². The van der Waals surface area contributed by atoms with Gasteiger partial charge in [0.1, 0.15) is 11.4 Å². The Morgan fingerprint density at radius 2 is 1.90 bits per heavy atom. The Balaban J connectivity index is 1.36. The van der Waals surface area contributed by atoms with E-state index in [0.717, 1.165) is 39.6 Å². The number of nitrogens with one attached hydrogen (secondary N) is 1. The minimum absolute atomic E-state index is 0.0313. The SMILES string of the molecule is CC(C)Cn1cnc2c(CNC(=O)c3nc(-c4ccc5ncccc5c4)c(-c4ccn(C)n4)nc3N)cccc21. The molecule has 0 aliphatic carbocycles. The van der Waals surface area contributed by atoms with Crippen molar-refractivity contribution in [2.24, 2.45) is 13.0 Å². The summed E-state index contributed by atoms with van der Waals surface area (Å²) in [4.78, 5) is 31.8. The molecule has 0 radical (unpaired) electrons. The van der Waals surface area contributed by atoms with Crippen LogP contribution < -0.4 is 11.1 Å². The number of hydrogen-bond donors (Lipinski definition) is 2. The summed E-state index contributed by atoms with van der Waals surface area (Å²) < 4.78 is 3.82. The highest BCUT2D eigenvalue weighted by Crippen LogP contribution is 2.31. The quantitative estimate of drug-likeness (QED) is 0.308. The fourth-order valence-electron chi connectivity index (χ4n) is 4.85. The Bertz CT molecular complexity index is 1870. The van der Waals surface area contributed by atoms with Gasteiger partial charge in [-0.15, -0.1) is 0 Å². The normalized spacial score (nSPS) is 11.5. The highest BCUT2D eigenvalue weighted by Gasteiger charge is 2.22. The Morgan fingerprint density at radius 1 is 1.02 bits per heavy atom. The molecule has 200 valence electrons. The van der Waals surface area contributed by atoms with Gasteiger partial charge in [0.05, 0.1) is 28.6 Å². The molecule has 4 heterocycles. The molecule has 40 heavy (non-hydrogen) atoms. The Morgan fingerprint density at radius 3 is 2.70 bits per heavy atom. The zero-order valence-corrected chi connectivity index (χ0v) is 22.5. The molecule has 0 fully saturated rings. The van der Waals surface area contributed by atoms with Crippen molar-refractivity contribution in [1.29, 1.82) is 0 Å². The third kappa shape index (κ3) is 4.75. The molecule has 0 spiro atoms. The summed E-state index contributed by atoms with van der Waals surface area (Å²) in [5, 5.41) is 8.42. The van der Waals surface area contributed by atoms with Crippen LogP contribution in [0.2, 0.25) is 0 Å². The van der Waals surface area contributed by atoms with E-state index < -0.39 is 5.91 Å². The number of nitrogens with zero attached hydrogens (tertiary/aromatic N) is 7. The molecule has 0 aliphatic heterocycles. The fourth-order valence-corrected chi connectivity index (χ4v) is 4.85. The van der Waals surface area contributed by atoms with Crippen LogP contribution in [-0.4, -0.2) is 40.2 Å². The number of pyridine rings is 1. The molecule has 1 amide bonds. The second kappa shape index (κ2) is 10.2. The third-order valence-electron chi connectivity index (χ3n) is 6.71. The van der Waals surface area contributed by atoms with Gasteiger partial charge in [-0.3, -0.25) is 14.5 Å². The standard InChI is InChI=1S/C30H29N9O/c1-18(2)16-39-17-34-25-21(6-4-8-24(25)39)15-33-30(40)28-29(31)36-27(23-11-13-38(3)37-23)26(35-28)20-9-10-22-19(14-20)7-5-12-32-22/h4-14,17-18H,15-16H2,1-3H3,(H2,31,36)(H,33,40). The van der Waals surface area contributed by atoms with Gasteiger partial charge in [-0.05, 0) is 41.8 Å². The van der Waals surface area contributed by atoms with Crippen molar-refractivity contribution >= 4 is 33.7 Å². The maximum atomic E-state index is 13.4. The molecule has 6 aromatic rings. The predicted octanol–water partition coefficient (Wildman–Crippen LogP) is 4.61. The van der Waals surface area contributed by atoms with Crippen LogP contribution >= 0.6 is 0 Å². The van der Waals surface area contributed by atoms with E-state index >= 15 is 0 Å². The van der Waals surface area contributed by atoms with Crippen LogP contribution in [0.25, 0.3) is 44.6 Å². The molecule has 10 nitrogen and oxygen atoms in total. The monoisotopic (exact) mass is 531 g/mol. The lowest BCUT2D eigenvalue weighted by atomic mass is 10.0. The number of fused-ring (bicyclic) bond motifs is 2. The van der Waals surface area contributed by atoms with Crippen LogP contribution in [0, 0.1) is 5.92 Å². The first kappa shape index (κ1) is 25.2. The van der Waals surface area contributed by atoms with Crippen LogP contribution in [0.1, 0.15) is 29.9 Å². The van der Waals surface area contributed by atoms with Gasteiger partial charge >= 0.3 is 0 Å². The van der Waals surface area contributed by atoms with Crippen LogP contribution in [0.5, 0.6) is 0 Å². The van der Waals surface area contributed by atoms with E-state index in [0.29, 0.717) is 23.0 Å². The largest absolute Gasteiger partial charge is 0.382 e. The number of anilines is 1. The van der Waals surface area contributed by atoms with Crippen molar-refractivity contribution in [2.45, 2.75) is 26.9 Å². The second-order valence-electron chi connectivity index (χ2n) is 10.2. The molecule has 10 heteroatoms. The summed E-state index contributed by atoms with van der Waals surface area (Å²) >= 11 is 0. The van der Waals surface area contributed by atoms with Crippen molar-refractivity contribution in [3.05, 3.63) is 84.6 Å². The smallest absolute Gasteiger partial charge is 0.274 e. The minimum Gasteiger partial charge on any atom is -0.382 e. The molecule has 0 saturated heterocycles. The van der Waals surface area contributed by atoms with Gasteiger partial charge < -0.3 is 15.6 Å². The maximum absolute atomic E-state index is 13.4. The molecular formula is C30H29N9O. The first-order valence-corrected chi connectivity index (χ1v) is 13.1. The first-order valence-electron chi connectivity index (χ1n) is 13.1. The molecule has 0 atom stereocenters. The molecule has 6 rings (SSSR count). The van der Waals surface area contributed by atoms with Crippen LogP contribution in [0.15, 0.2) is 73.3 Å². The lowest BCUT2D eigenvalue weighted by molar-refractivity contribution is 0.0947. The number of aryl methyl sites for hydroxylation is 1. The van der Waals surface area contributed by atoms with Gasteiger partial charge in [-0.2, -0.15) is 5.10 Å². The summed E-state index contributed by atoms with van der Waals surface area (Å²) in [7, 11) is 1.83. The van der Waals surface area contributed by atoms with E-state index in [2.05, 4.69) is 43.8 Å². The van der Waals surface area contributed by atoms with Crippen LogP contribution in [-0.2, 0) is 20.1 Å². The Kier molecular flexibility index (Phi) is 6.43. The number of nitrogen functional groups attached to an aromatic ring is 1. The number of amides is 1. The predicted molar refractivity (Wildman–Crippen MR) is 155 cm³/mol. The average molecular weight is 532 g/mol. The van der Waals surface area contributed by atoms with Crippen molar-refractivity contribution < 1.29 is 4.79 Å². The summed E-state index contributed by atoms with van der Waals surface area (Å²) in [5.41, 5.74) is 12.4. The number of nitrogens with two attached hydrogens (primary N) is 1. The number of carbonyl (C=O) groups is 1. The highest BCUT2D eigenvalue weighted by molar-refractivity contribution is 5.98. The van der Waals surface area contributed by atoms with Crippen molar-refractivity contribution in [3.8, 4) is 22.6 Å². The van der Waals surface area contributed by atoms with E-state index in [9.17, 15) is 4.79 Å². The number of imidazole rings is 1. The summed E-state index contributed by atoms with van der Waals surface area (Å²) in [5.74, 6) is 0.105. The number of benzene rings is 2. The molecule has 3 N–H and O–H groups in total. The number of para-hydroxylation sites is 1. The van der Waals surface area contributed by atoms with Gasteiger partial charge in [0.15, 0.2) is 11.5 Å². The van der Waals surface area contributed by atoms with E-state index in [1.807, 2.05) is 74.2 Å². The lowest BCUT2D eigenvalue weighted by Crippen LogP contribution is -2.26. The number of carbonyl (C=O) groups excluding carboxylic acids is 1. The molecular weight excluding hydrogens is 502 g/mol. The molecule has 0 bridgehead atoms. The van der Waals surface area contributed by atoms with Gasteiger partial charge in [-0.1, -0.05) is 38.1 Å². The van der Waals surface area contributed by atoms with E-state index in [4.69, 9.17) is 10.7 Å². The van der Waals surface area contributed by atoms with Gasteiger partial charge in [-0.25, -0.2) is 15.0 Å². The lowest BCUT2D eigenvalue weighted by Gasteiger charge is -2.13. The number of rotatable bonds is 7. The van der Waals surface area contributed by atoms with E-state index in [-0.39, 0.29) is 18.1 Å². The maximum Gasteiger partial charge on any atom is 0.274 e. The van der Waals surface area contributed by atoms with Gasteiger partial charge in [0.2, 0.25) is 0 Å². The molecule has 0 unspecified atom stereocenters. The summed E-state index contributed by atoms with van der Waals surface area (Å²) in [6.07, 6.45) is 5.42. The average Bonchev–Trinajstić information content (AvgIpc) is 3.57. The van der Waals surface area contributed by atoms with E-state index in [1.165, 1.54) is 0 Å². The van der Waals surface area contributed by atoms with Crippen LogP contribution in [0.4, 0.5) is 5.82 Å². The molecule has 4 aromatic heterocycles. The zero-order valence-electron chi connectivity index (χ0n) is 22.5. The Hall–Kier alpha value is -5.12. The third-order valence-corrected chi connectivity index (χ3v) is 6.71. The molecule has 2 aromatic carbocycles. The van der Waals surface area contributed by atoms with Gasteiger partial charge in [0.25, 0.3) is 5.91 Å². The number of hydrogen-bond acceptors (Lipinski definition) is 7. The first-order chi connectivity index (χ1) is 19.4. The molecule has 0 aliphatic rings. The molecule has 0 saturated carbocycles. The van der Waals surface area contributed by atoms with Crippen molar-refractivity contribution in [2.75, 3.05) is 5.73 Å². The fraction of sp³-hybridized carbons (Fsp3) is 0.200. The number of aromatic nitrogens is 7.